The zero-order valence-corrected chi connectivity index (χ0v) is 25.2. The van der Waals surface area contributed by atoms with Gasteiger partial charge in [0.2, 0.25) is 5.91 Å². The van der Waals surface area contributed by atoms with Gasteiger partial charge in [-0.1, -0.05) is 0 Å². The molecule has 2 saturated heterocycles. The van der Waals surface area contributed by atoms with Gasteiger partial charge in [0.25, 0.3) is 5.91 Å². The molecule has 2 aromatic heterocycles. The lowest BCUT2D eigenvalue weighted by molar-refractivity contribution is -0.175. The summed E-state index contributed by atoms with van der Waals surface area (Å²) < 4.78 is 57.5. The van der Waals surface area contributed by atoms with Crippen molar-refractivity contribution >= 4 is 28.5 Å². The molecule has 1 N–H and O–H groups in total. The first-order valence-electron chi connectivity index (χ1n) is 15.0. The van der Waals surface area contributed by atoms with Crippen LogP contribution in [0.4, 0.5) is 17.6 Å². The van der Waals surface area contributed by atoms with Crippen LogP contribution in [0, 0.1) is 18.7 Å². The SMILES string of the molecule is Cc1c(C(=O)C2CCN(C(=O)C3CCCN3)CC2)c2ccncc2n1-c1ccc(F)cc1C(=O)N(C(C)C)C(C)C(F)(F)F. The summed E-state index contributed by atoms with van der Waals surface area (Å²) in [5.74, 6) is -2.16. The number of likely N-dealkylation sites (tertiary alicyclic amines) is 1. The van der Waals surface area contributed by atoms with E-state index in [0.717, 1.165) is 38.4 Å². The van der Waals surface area contributed by atoms with Gasteiger partial charge in [-0.05, 0) is 84.2 Å². The Morgan fingerprint density at radius 1 is 1.07 bits per heavy atom. The molecule has 2 fully saturated rings. The molecule has 0 saturated carbocycles. The molecule has 5 rings (SSSR count). The Morgan fingerprint density at radius 2 is 1.77 bits per heavy atom. The molecule has 2 aliphatic heterocycles. The second kappa shape index (κ2) is 12.3. The van der Waals surface area contributed by atoms with E-state index in [9.17, 15) is 31.9 Å². The van der Waals surface area contributed by atoms with Crippen molar-refractivity contribution in [3.63, 3.8) is 0 Å². The van der Waals surface area contributed by atoms with Crippen molar-refractivity contribution in [1.82, 2.24) is 24.7 Å². The van der Waals surface area contributed by atoms with Crippen molar-refractivity contribution in [2.24, 2.45) is 5.92 Å². The number of piperidine rings is 1. The maximum absolute atomic E-state index is 14.6. The second-order valence-electron chi connectivity index (χ2n) is 12.0. The number of halogens is 4. The predicted octanol–water partition coefficient (Wildman–Crippen LogP) is 5.45. The highest BCUT2D eigenvalue weighted by Crippen LogP contribution is 2.35. The van der Waals surface area contributed by atoms with E-state index in [1.807, 2.05) is 4.90 Å². The molecular formula is C32H37F4N5O3. The van der Waals surface area contributed by atoms with E-state index < -0.39 is 30.0 Å². The Balaban J connectivity index is 1.52. The van der Waals surface area contributed by atoms with Gasteiger partial charge in [0.05, 0.1) is 29.0 Å². The molecule has 2 aliphatic rings. The third-order valence-corrected chi connectivity index (χ3v) is 8.90. The molecule has 3 aromatic rings. The highest BCUT2D eigenvalue weighted by atomic mass is 19.4. The second-order valence-corrected chi connectivity index (χ2v) is 12.0. The fraction of sp³-hybridized carbons (Fsp3) is 0.500. The number of fused-ring (bicyclic) bond motifs is 1. The summed E-state index contributed by atoms with van der Waals surface area (Å²) in [6.07, 6.45) is 1.12. The quantitative estimate of drug-likeness (QED) is 0.282. The third-order valence-electron chi connectivity index (χ3n) is 8.90. The predicted molar refractivity (Wildman–Crippen MR) is 157 cm³/mol. The van der Waals surface area contributed by atoms with Gasteiger partial charge < -0.3 is 19.7 Å². The first kappa shape index (κ1) is 31.6. The zero-order valence-electron chi connectivity index (χ0n) is 25.2. The average molecular weight is 616 g/mol. The molecule has 0 radical (unpaired) electrons. The molecule has 8 nitrogen and oxygen atoms in total. The molecule has 0 aliphatic carbocycles. The van der Waals surface area contributed by atoms with Gasteiger partial charge in [-0.25, -0.2) is 4.39 Å². The number of benzene rings is 1. The van der Waals surface area contributed by atoms with E-state index in [1.54, 1.807) is 23.8 Å². The fourth-order valence-corrected chi connectivity index (χ4v) is 6.60. The summed E-state index contributed by atoms with van der Waals surface area (Å²) >= 11 is 0. The van der Waals surface area contributed by atoms with Gasteiger partial charge in [0.15, 0.2) is 5.78 Å². The number of aromatic nitrogens is 2. The number of carbonyl (C=O) groups excluding carboxylic acids is 3. The number of nitrogens with one attached hydrogen (secondary N) is 1. The molecule has 44 heavy (non-hydrogen) atoms. The molecule has 0 bridgehead atoms. The maximum atomic E-state index is 14.6. The van der Waals surface area contributed by atoms with Gasteiger partial charge in [-0.15, -0.1) is 0 Å². The Hall–Kier alpha value is -3.80. The van der Waals surface area contributed by atoms with Crippen molar-refractivity contribution in [3.8, 4) is 5.69 Å². The van der Waals surface area contributed by atoms with Crippen LogP contribution in [0.15, 0.2) is 36.7 Å². The first-order valence-corrected chi connectivity index (χ1v) is 15.0. The van der Waals surface area contributed by atoms with E-state index >= 15 is 0 Å². The summed E-state index contributed by atoms with van der Waals surface area (Å²) in [6.45, 7) is 7.29. The largest absolute Gasteiger partial charge is 0.408 e. The number of carbonyl (C=O) groups is 3. The average Bonchev–Trinajstić information content (AvgIpc) is 3.62. The molecule has 2 amide bonds. The van der Waals surface area contributed by atoms with Gasteiger partial charge in [0.1, 0.15) is 11.9 Å². The van der Waals surface area contributed by atoms with Gasteiger partial charge in [-0.2, -0.15) is 13.2 Å². The number of nitrogens with zero attached hydrogens (tertiary/aromatic N) is 4. The monoisotopic (exact) mass is 615 g/mol. The summed E-state index contributed by atoms with van der Waals surface area (Å²) in [5.41, 5.74) is 1.23. The molecular weight excluding hydrogens is 578 g/mol. The summed E-state index contributed by atoms with van der Waals surface area (Å²) in [6, 6.07) is 1.97. The number of pyridine rings is 1. The smallest absolute Gasteiger partial charge is 0.341 e. The molecule has 2 unspecified atom stereocenters. The van der Waals surface area contributed by atoms with E-state index in [0.29, 0.717) is 53.0 Å². The number of hydrogen-bond donors (Lipinski definition) is 1. The molecule has 4 heterocycles. The Labute approximate surface area is 253 Å². The minimum Gasteiger partial charge on any atom is -0.341 e. The number of hydrogen-bond acceptors (Lipinski definition) is 5. The molecule has 2 atom stereocenters. The minimum absolute atomic E-state index is 0.0658. The van der Waals surface area contributed by atoms with E-state index in [2.05, 4.69) is 10.3 Å². The van der Waals surface area contributed by atoms with Crippen LogP contribution in [-0.4, -0.2) is 80.9 Å². The van der Waals surface area contributed by atoms with Crippen LogP contribution >= 0.6 is 0 Å². The van der Waals surface area contributed by atoms with Crippen LogP contribution in [0.3, 0.4) is 0 Å². The molecule has 12 heteroatoms. The van der Waals surface area contributed by atoms with Crippen LogP contribution in [0.5, 0.6) is 0 Å². The molecule has 1 aromatic carbocycles. The summed E-state index contributed by atoms with van der Waals surface area (Å²) in [7, 11) is 0. The summed E-state index contributed by atoms with van der Waals surface area (Å²) in [5, 5.41) is 3.80. The summed E-state index contributed by atoms with van der Waals surface area (Å²) in [4.78, 5) is 47.4. The number of rotatable bonds is 7. The van der Waals surface area contributed by atoms with E-state index in [1.165, 1.54) is 26.1 Å². The number of Topliss-reactive ketones (excluding diaryl/α,β-unsaturated/α-hetero) is 1. The Bertz CT molecular complexity index is 1570. The van der Waals surface area contributed by atoms with Crippen LogP contribution < -0.4 is 5.32 Å². The Morgan fingerprint density at radius 3 is 2.39 bits per heavy atom. The van der Waals surface area contributed by atoms with E-state index in [4.69, 9.17) is 0 Å². The lowest BCUT2D eigenvalue weighted by Crippen LogP contribution is -2.50. The van der Waals surface area contributed by atoms with Crippen molar-refractivity contribution in [1.29, 1.82) is 0 Å². The minimum atomic E-state index is -4.69. The van der Waals surface area contributed by atoms with Crippen molar-refractivity contribution in [3.05, 3.63) is 59.3 Å². The topological polar surface area (TPSA) is 87.5 Å². The van der Waals surface area contributed by atoms with E-state index in [-0.39, 0.29) is 34.9 Å². The first-order chi connectivity index (χ1) is 20.8. The number of ketones is 1. The van der Waals surface area contributed by atoms with Crippen LogP contribution in [0.25, 0.3) is 16.6 Å². The number of amides is 2. The van der Waals surface area contributed by atoms with Crippen LogP contribution in [0.2, 0.25) is 0 Å². The normalized spacial score (nSPS) is 18.7. The van der Waals surface area contributed by atoms with Crippen LogP contribution in [-0.2, 0) is 4.79 Å². The van der Waals surface area contributed by atoms with Gasteiger partial charge in [0, 0.05) is 47.9 Å². The highest BCUT2D eigenvalue weighted by Gasteiger charge is 2.44. The van der Waals surface area contributed by atoms with Gasteiger partial charge >= 0.3 is 6.18 Å². The third kappa shape index (κ3) is 5.83. The molecule has 236 valence electrons. The fourth-order valence-electron chi connectivity index (χ4n) is 6.60. The van der Waals surface area contributed by atoms with Crippen LogP contribution in [0.1, 0.15) is 72.9 Å². The maximum Gasteiger partial charge on any atom is 0.408 e. The molecule has 0 spiro atoms. The Kier molecular flexibility index (Phi) is 8.84. The number of alkyl halides is 3. The standard InChI is InChI=1S/C32H37F4N5O3/c1-18(2)40(20(4)32(34,35)36)30(43)24-16-22(33)7-8-26(24)41-19(3)28(23-9-13-37-17-27(23)41)29(42)21-10-14-39(15-11-21)31(44)25-6-5-12-38-25/h7-9,13,16-18,20-21,25,38H,5-6,10-12,14-15H2,1-4H3. The lowest BCUT2D eigenvalue weighted by atomic mass is 9.87. The van der Waals surface area contributed by atoms with Crippen molar-refractivity contribution < 1.29 is 31.9 Å². The lowest BCUT2D eigenvalue weighted by Gasteiger charge is -2.34. The van der Waals surface area contributed by atoms with Gasteiger partial charge in [-0.3, -0.25) is 19.4 Å². The zero-order chi connectivity index (χ0) is 31.9. The van der Waals surface area contributed by atoms with Crippen molar-refractivity contribution in [2.75, 3.05) is 19.6 Å². The van der Waals surface area contributed by atoms with Crippen molar-refractivity contribution in [2.45, 2.75) is 77.7 Å². The highest BCUT2D eigenvalue weighted by molar-refractivity contribution is 6.11.